The van der Waals surface area contributed by atoms with Gasteiger partial charge in [0.05, 0.1) is 6.61 Å². The molecular formula is C27H35N3O2. The molecule has 1 heterocycles. The lowest BCUT2D eigenvalue weighted by molar-refractivity contribution is -0.129. The number of benzene rings is 2. The second kappa shape index (κ2) is 12.2. The number of piperidine rings is 1. The average Bonchev–Trinajstić information content (AvgIpc) is 2.85. The summed E-state index contributed by atoms with van der Waals surface area (Å²) in [7, 11) is 0. The van der Waals surface area contributed by atoms with Crippen LogP contribution in [0.15, 0.2) is 79.1 Å². The van der Waals surface area contributed by atoms with E-state index in [-0.39, 0.29) is 12.5 Å². The van der Waals surface area contributed by atoms with Crippen LogP contribution in [0.25, 0.3) is 11.1 Å². The molecule has 1 amide bonds. The van der Waals surface area contributed by atoms with E-state index < -0.39 is 0 Å². The highest BCUT2D eigenvalue weighted by molar-refractivity contribution is 5.93. The van der Waals surface area contributed by atoms with Crippen LogP contribution >= 0.6 is 0 Å². The van der Waals surface area contributed by atoms with Gasteiger partial charge in [-0.25, -0.2) is 0 Å². The number of carbonyl (C=O) groups is 1. The van der Waals surface area contributed by atoms with Crippen molar-refractivity contribution in [1.29, 1.82) is 0 Å². The summed E-state index contributed by atoms with van der Waals surface area (Å²) in [5.41, 5.74) is 4.17. The molecule has 170 valence electrons. The van der Waals surface area contributed by atoms with Crippen LogP contribution in [0.4, 0.5) is 0 Å². The Labute approximate surface area is 192 Å². The van der Waals surface area contributed by atoms with Crippen LogP contribution in [0, 0.1) is 0 Å². The van der Waals surface area contributed by atoms with Gasteiger partial charge in [0.2, 0.25) is 0 Å². The predicted molar refractivity (Wildman–Crippen MR) is 131 cm³/mol. The molecule has 0 atom stereocenters. The predicted octanol–water partition coefficient (Wildman–Crippen LogP) is 4.17. The van der Waals surface area contributed by atoms with Gasteiger partial charge in [-0.1, -0.05) is 74.2 Å². The number of hydrogen-bond donors (Lipinski definition) is 2. The molecule has 0 unspecified atom stereocenters. The van der Waals surface area contributed by atoms with E-state index >= 15 is 0 Å². The van der Waals surface area contributed by atoms with Gasteiger partial charge in [0, 0.05) is 32.2 Å². The van der Waals surface area contributed by atoms with Crippen molar-refractivity contribution in [3.8, 4) is 11.1 Å². The van der Waals surface area contributed by atoms with E-state index in [0.29, 0.717) is 37.9 Å². The highest BCUT2D eigenvalue weighted by Gasteiger charge is 2.26. The number of carbonyl (C=O) groups excluding carboxylic acids is 1. The molecule has 2 aromatic carbocycles. The summed E-state index contributed by atoms with van der Waals surface area (Å²) in [4.78, 5) is 17.4. The maximum atomic E-state index is 13.5. The van der Waals surface area contributed by atoms with Crippen molar-refractivity contribution >= 4 is 5.91 Å². The molecular weight excluding hydrogens is 398 g/mol. The zero-order valence-electron chi connectivity index (χ0n) is 19.0. The molecule has 5 nitrogen and oxygen atoms in total. The summed E-state index contributed by atoms with van der Waals surface area (Å²) in [5, 5.41) is 12.4. The third-order valence-corrected chi connectivity index (χ3v) is 5.92. The smallest absolute Gasteiger partial charge is 0.270 e. The lowest BCUT2D eigenvalue weighted by atomic mass is 9.99. The highest BCUT2D eigenvalue weighted by atomic mass is 16.3. The van der Waals surface area contributed by atoms with Gasteiger partial charge in [-0.05, 0) is 42.2 Å². The van der Waals surface area contributed by atoms with Crippen LogP contribution < -0.4 is 5.32 Å². The average molecular weight is 434 g/mol. The number of aliphatic hydroxyl groups excluding tert-OH is 1. The van der Waals surface area contributed by atoms with Crippen LogP contribution in [0.5, 0.6) is 0 Å². The number of hydrogen-bond acceptors (Lipinski definition) is 4. The molecule has 3 rings (SSSR count). The van der Waals surface area contributed by atoms with Crippen LogP contribution in [0.2, 0.25) is 0 Å². The van der Waals surface area contributed by atoms with Crippen molar-refractivity contribution in [2.45, 2.75) is 38.8 Å². The highest BCUT2D eigenvalue weighted by Crippen LogP contribution is 2.26. The summed E-state index contributed by atoms with van der Waals surface area (Å²) in [5.74, 6) is 0.0598. The molecule has 0 bridgehead atoms. The van der Waals surface area contributed by atoms with E-state index in [1.807, 2.05) is 46.2 Å². The number of likely N-dealkylation sites (tertiary alicyclic amines) is 1. The van der Waals surface area contributed by atoms with Gasteiger partial charge >= 0.3 is 0 Å². The van der Waals surface area contributed by atoms with Gasteiger partial charge in [0.1, 0.15) is 5.70 Å². The Kier molecular flexibility index (Phi) is 9.08. The second-order valence-electron chi connectivity index (χ2n) is 8.08. The quantitative estimate of drug-likeness (QED) is 0.553. The Morgan fingerprint density at radius 3 is 2.50 bits per heavy atom. The number of nitrogens with one attached hydrogen (secondary N) is 1. The Morgan fingerprint density at radius 2 is 1.84 bits per heavy atom. The van der Waals surface area contributed by atoms with Gasteiger partial charge in [-0.2, -0.15) is 0 Å². The molecule has 5 heteroatoms. The molecule has 0 aromatic heterocycles. The summed E-state index contributed by atoms with van der Waals surface area (Å²) in [6, 6.07) is 19.0. The Morgan fingerprint density at radius 1 is 1.16 bits per heavy atom. The summed E-state index contributed by atoms with van der Waals surface area (Å²) >= 11 is 0. The topological polar surface area (TPSA) is 55.8 Å². The first kappa shape index (κ1) is 23.8. The minimum Gasteiger partial charge on any atom is -0.395 e. The van der Waals surface area contributed by atoms with Crippen LogP contribution in [-0.4, -0.2) is 53.1 Å². The molecule has 1 fully saturated rings. The van der Waals surface area contributed by atoms with E-state index in [1.54, 1.807) is 6.20 Å². The molecule has 2 N–H and O–H groups in total. The number of amides is 1. The fraction of sp³-hybridized carbons (Fsp3) is 0.370. The Bertz CT molecular complexity index is 902. The molecule has 1 saturated heterocycles. The third kappa shape index (κ3) is 6.09. The second-order valence-corrected chi connectivity index (χ2v) is 8.08. The fourth-order valence-corrected chi connectivity index (χ4v) is 4.23. The maximum absolute atomic E-state index is 13.5. The maximum Gasteiger partial charge on any atom is 0.270 e. The molecule has 0 spiro atoms. The Hall–Kier alpha value is -2.89. The van der Waals surface area contributed by atoms with E-state index in [9.17, 15) is 4.79 Å². The minimum atomic E-state index is 0.0598. The molecule has 32 heavy (non-hydrogen) atoms. The lowest BCUT2D eigenvalue weighted by Crippen LogP contribution is -2.47. The summed E-state index contributed by atoms with van der Waals surface area (Å²) < 4.78 is 0. The van der Waals surface area contributed by atoms with Crippen LogP contribution in [-0.2, 0) is 11.3 Å². The monoisotopic (exact) mass is 433 g/mol. The standard InChI is InChI=1S/C27H35N3O2/c1-3-10-26(27(32)30-18-15-24(16-19-30)28-17-20-31)29(4-2)21-23-13-8-9-14-25(23)22-11-6-5-7-12-22/h4-14,24,28,31H,2-3,15-21H2,1H3/b26-10-. The van der Waals surface area contributed by atoms with Gasteiger partial charge in [-0.15, -0.1) is 0 Å². The van der Waals surface area contributed by atoms with Gasteiger partial charge in [0.15, 0.2) is 0 Å². The first-order chi connectivity index (χ1) is 15.7. The summed E-state index contributed by atoms with van der Waals surface area (Å²) in [6.07, 6.45) is 6.34. The van der Waals surface area contributed by atoms with E-state index in [1.165, 1.54) is 5.56 Å². The molecule has 0 aliphatic carbocycles. The number of rotatable bonds is 10. The number of aliphatic hydroxyl groups is 1. The van der Waals surface area contributed by atoms with Crippen molar-refractivity contribution in [1.82, 2.24) is 15.1 Å². The normalized spacial score (nSPS) is 14.9. The largest absolute Gasteiger partial charge is 0.395 e. The zero-order chi connectivity index (χ0) is 22.8. The van der Waals surface area contributed by atoms with Crippen molar-refractivity contribution < 1.29 is 9.90 Å². The lowest BCUT2D eigenvalue weighted by Gasteiger charge is -2.35. The Balaban J connectivity index is 1.76. The first-order valence-corrected chi connectivity index (χ1v) is 11.5. The van der Waals surface area contributed by atoms with Crippen LogP contribution in [0.1, 0.15) is 31.7 Å². The van der Waals surface area contributed by atoms with Crippen molar-refractivity contribution in [2.75, 3.05) is 26.2 Å². The van der Waals surface area contributed by atoms with E-state index in [0.717, 1.165) is 30.4 Å². The first-order valence-electron chi connectivity index (χ1n) is 11.5. The summed E-state index contributed by atoms with van der Waals surface area (Å²) in [6.45, 7) is 8.83. The van der Waals surface area contributed by atoms with Crippen LogP contribution in [0.3, 0.4) is 0 Å². The van der Waals surface area contributed by atoms with E-state index in [4.69, 9.17) is 5.11 Å². The van der Waals surface area contributed by atoms with Gasteiger partial charge < -0.3 is 20.2 Å². The van der Waals surface area contributed by atoms with Crippen molar-refractivity contribution in [3.05, 3.63) is 84.7 Å². The van der Waals surface area contributed by atoms with Gasteiger partial charge in [-0.3, -0.25) is 4.79 Å². The molecule has 1 aliphatic heterocycles. The third-order valence-electron chi connectivity index (χ3n) is 5.92. The van der Waals surface area contributed by atoms with Gasteiger partial charge in [0.25, 0.3) is 5.91 Å². The number of nitrogens with zero attached hydrogens (tertiary/aromatic N) is 2. The fourth-order valence-electron chi connectivity index (χ4n) is 4.23. The van der Waals surface area contributed by atoms with E-state index in [2.05, 4.69) is 43.1 Å². The van der Waals surface area contributed by atoms with Crippen molar-refractivity contribution in [2.24, 2.45) is 0 Å². The minimum absolute atomic E-state index is 0.0598. The molecule has 0 saturated carbocycles. The SMILES string of the molecule is C=CN(Cc1ccccc1-c1ccccc1)/C(=C\CC)C(=O)N1CCC(NCCO)CC1. The van der Waals surface area contributed by atoms with Crippen molar-refractivity contribution in [3.63, 3.8) is 0 Å². The molecule has 1 aliphatic rings. The molecule has 0 radical (unpaired) electrons. The molecule has 2 aromatic rings. The number of allylic oxidation sites excluding steroid dienone is 1. The zero-order valence-corrected chi connectivity index (χ0v) is 19.0.